The van der Waals surface area contributed by atoms with Gasteiger partial charge < -0.3 is 15.3 Å². The predicted octanol–water partition coefficient (Wildman–Crippen LogP) is 2.43. The Morgan fingerprint density at radius 2 is 2.14 bits per heavy atom. The summed E-state index contributed by atoms with van der Waals surface area (Å²) >= 11 is 0. The summed E-state index contributed by atoms with van der Waals surface area (Å²) in [6, 6.07) is 6.25. The molecule has 1 heterocycles. The van der Waals surface area contributed by atoms with E-state index in [0.29, 0.717) is 25.4 Å². The molecule has 5 heteroatoms. The zero-order chi connectivity index (χ0) is 15.4. The lowest BCUT2D eigenvalue weighted by Crippen LogP contribution is -2.48. The van der Waals surface area contributed by atoms with Crippen molar-refractivity contribution in [3.05, 3.63) is 35.4 Å². The number of carbonyl (C=O) groups excluding carboxylic acids is 1. The molecule has 0 radical (unpaired) electrons. The second kappa shape index (κ2) is 6.61. The van der Waals surface area contributed by atoms with Gasteiger partial charge in [-0.3, -0.25) is 0 Å². The van der Waals surface area contributed by atoms with Gasteiger partial charge in [-0.1, -0.05) is 44.5 Å². The molecular weight excluding hydrogens is 268 g/mol. The Balaban J connectivity index is 2.16. The fourth-order valence-electron chi connectivity index (χ4n) is 2.56. The molecule has 0 spiro atoms. The monoisotopic (exact) mass is 290 g/mol. The molecule has 1 aromatic rings. The lowest BCUT2D eigenvalue weighted by molar-refractivity contribution is -0.142. The molecule has 21 heavy (non-hydrogen) atoms. The van der Waals surface area contributed by atoms with E-state index in [4.69, 9.17) is 0 Å². The third-order valence-electron chi connectivity index (χ3n) is 4.08. The van der Waals surface area contributed by atoms with Crippen LogP contribution in [-0.2, 0) is 11.2 Å². The molecule has 2 atom stereocenters. The van der Waals surface area contributed by atoms with Crippen LogP contribution in [-0.4, -0.2) is 35.1 Å². The summed E-state index contributed by atoms with van der Waals surface area (Å²) in [5.41, 5.74) is 1.73. The number of aliphatic carboxylic acids is 1. The first-order valence-electron chi connectivity index (χ1n) is 7.39. The Labute approximate surface area is 125 Å². The van der Waals surface area contributed by atoms with Crippen molar-refractivity contribution in [2.24, 2.45) is 5.92 Å². The largest absolute Gasteiger partial charge is 0.479 e. The number of carboxylic acid groups (broad SMARTS) is 1. The molecule has 2 unspecified atom stereocenters. The predicted molar refractivity (Wildman–Crippen MR) is 80.1 cm³/mol. The third-order valence-corrected chi connectivity index (χ3v) is 4.08. The van der Waals surface area contributed by atoms with E-state index >= 15 is 0 Å². The molecule has 2 N–H and O–H groups in total. The van der Waals surface area contributed by atoms with Crippen molar-refractivity contribution in [1.82, 2.24) is 10.2 Å². The molecule has 0 aliphatic carbocycles. The number of carboxylic acids is 1. The van der Waals surface area contributed by atoms with E-state index in [2.05, 4.69) is 19.2 Å². The van der Waals surface area contributed by atoms with Crippen LogP contribution in [0.25, 0.3) is 0 Å². The molecule has 0 bridgehead atoms. The van der Waals surface area contributed by atoms with Gasteiger partial charge in [0.15, 0.2) is 6.04 Å². The van der Waals surface area contributed by atoms with E-state index in [0.717, 1.165) is 17.5 Å². The van der Waals surface area contributed by atoms with E-state index in [-0.39, 0.29) is 6.03 Å². The average molecular weight is 290 g/mol. The van der Waals surface area contributed by atoms with E-state index in [1.807, 2.05) is 18.2 Å². The number of urea groups is 1. The van der Waals surface area contributed by atoms with Crippen molar-refractivity contribution < 1.29 is 14.7 Å². The van der Waals surface area contributed by atoms with Crippen LogP contribution in [0.15, 0.2) is 24.3 Å². The SMILES string of the molecule is CCC(C)CNC(=O)N1CCc2ccccc2C1C(=O)O. The Kier molecular flexibility index (Phi) is 4.83. The van der Waals surface area contributed by atoms with Gasteiger partial charge in [0.25, 0.3) is 0 Å². The van der Waals surface area contributed by atoms with E-state index in [1.54, 1.807) is 6.07 Å². The Hall–Kier alpha value is -2.04. The van der Waals surface area contributed by atoms with Crippen LogP contribution in [0.5, 0.6) is 0 Å². The molecule has 2 rings (SSSR count). The number of carbonyl (C=O) groups is 2. The van der Waals surface area contributed by atoms with E-state index in [1.165, 1.54) is 4.90 Å². The Bertz CT molecular complexity index is 530. The Morgan fingerprint density at radius 3 is 2.81 bits per heavy atom. The van der Waals surface area contributed by atoms with Crippen molar-refractivity contribution in [2.75, 3.05) is 13.1 Å². The molecule has 5 nitrogen and oxygen atoms in total. The quantitative estimate of drug-likeness (QED) is 0.894. The molecule has 0 saturated carbocycles. The molecule has 0 fully saturated rings. The number of hydrogen-bond acceptors (Lipinski definition) is 2. The maximum atomic E-state index is 12.3. The number of hydrogen-bond donors (Lipinski definition) is 2. The van der Waals surface area contributed by atoms with Crippen LogP contribution < -0.4 is 5.32 Å². The molecule has 114 valence electrons. The van der Waals surface area contributed by atoms with Gasteiger partial charge in [0, 0.05) is 13.1 Å². The van der Waals surface area contributed by atoms with Crippen LogP contribution in [0.4, 0.5) is 4.79 Å². The summed E-state index contributed by atoms with van der Waals surface area (Å²) < 4.78 is 0. The van der Waals surface area contributed by atoms with Crippen molar-refractivity contribution in [2.45, 2.75) is 32.7 Å². The van der Waals surface area contributed by atoms with Crippen LogP contribution in [0.2, 0.25) is 0 Å². The van der Waals surface area contributed by atoms with Crippen molar-refractivity contribution in [3.8, 4) is 0 Å². The second-order valence-electron chi connectivity index (χ2n) is 5.58. The molecular formula is C16H22N2O3. The number of amides is 2. The van der Waals surface area contributed by atoms with Gasteiger partial charge in [0.05, 0.1) is 0 Å². The van der Waals surface area contributed by atoms with Gasteiger partial charge in [0.1, 0.15) is 0 Å². The minimum atomic E-state index is -0.985. The number of rotatable bonds is 4. The molecule has 1 aliphatic rings. The number of nitrogens with one attached hydrogen (secondary N) is 1. The van der Waals surface area contributed by atoms with E-state index < -0.39 is 12.0 Å². The summed E-state index contributed by atoms with van der Waals surface area (Å²) in [5, 5.41) is 12.3. The highest BCUT2D eigenvalue weighted by atomic mass is 16.4. The van der Waals surface area contributed by atoms with Crippen LogP contribution in [0.3, 0.4) is 0 Å². The molecule has 1 aromatic carbocycles. The highest BCUT2D eigenvalue weighted by molar-refractivity contribution is 5.84. The molecule has 0 saturated heterocycles. The number of nitrogens with zero attached hydrogens (tertiary/aromatic N) is 1. The average Bonchev–Trinajstić information content (AvgIpc) is 2.50. The van der Waals surface area contributed by atoms with Crippen molar-refractivity contribution in [3.63, 3.8) is 0 Å². The second-order valence-corrected chi connectivity index (χ2v) is 5.58. The first-order chi connectivity index (χ1) is 10.0. The van der Waals surface area contributed by atoms with Gasteiger partial charge >= 0.3 is 12.0 Å². The van der Waals surface area contributed by atoms with Crippen LogP contribution >= 0.6 is 0 Å². The normalized spacial score (nSPS) is 18.8. The first kappa shape index (κ1) is 15.4. The van der Waals surface area contributed by atoms with Gasteiger partial charge in [-0.15, -0.1) is 0 Å². The van der Waals surface area contributed by atoms with Gasteiger partial charge in [-0.05, 0) is 23.5 Å². The van der Waals surface area contributed by atoms with Gasteiger partial charge in [-0.2, -0.15) is 0 Å². The van der Waals surface area contributed by atoms with Crippen LogP contribution in [0, 0.1) is 5.92 Å². The smallest absolute Gasteiger partial charge is 0.331 e. The lowest BCUT2D eigenvalue weighted by Gasteiger charge is -2.34. The lowest BCUT2D eigenvalue weighted by atomic mass is 9.93. The maximum absolute atomic E-state index is 12.3. The topological polar surface area (TPSA) is 69.6 Å². The van der Waals surface area contributed by atoms with Gasteiger partial charge in [0.2, 0.25) is 0 Å². The highest BCUT2D eigenvalue weighted by Crippen LogP contribution is 2.29. The minimum Gasteiger partial charge on any atom is -0.479 e. The summed E-state index contributed by atoms with van der Waals surface area (Å²) in [7, 11) is 0. The van der Waals surface area contributed by atoms with Crippen molar-refractivity contribution in [1.29, 1.82) is 0 Å². The van der Waals surface area contributed by atoms with E-state index in [9.17, 15) is 14.7 Å². The summed E-state index contributed by atoms with van der Waals surface area (Å²) in [6.07, 6.45) is 1.67. The zero-order valence-corrected chi connectivity index (χ0v) is 12.5. The molecule has 2 amide bonds. The minimum absolute atomic E-state index is 0.294. The maximum Gasteiger partial charge on any atom is 0.331 e. The number of benzene rings is 1. The van der Waals surface area contributed by atoms with Gasteiger partial charge in [-0.25, -0.2) is 9.59 Å². The third kappa shape index (κ3) is 3.35. The number of fused-ring (bicyclic) bond motifs is 1. The summed E-state index contributed by atoms with van der Waals surface area (Å²) in [6.45, 7) is 5.12. The molecule has 0 aromatic heterocycles. The standard InChI is InChI=1S/C16H22N2O3/c1-3-11(2)10-17-16(21)18-9-8-12-6-4-5-7-13(12)14(18)15(19)20/h4-7,11,14H,3,8-10H2,1-2H3,(H,17,21)(H,19,20). The van der Waals surface area contributed by atoms with Crippen LogP contribution in [0.1, 0.15) is 37.4 Å². The molecule has 1 aliphatic heterocycles. The summed E-state index contributed by atoms with van der Waals surface area (Å²) in [5.74, 6) is -0.602. The van der Waals surface area contributed by atoms with Crippen molar-refractivity contribution >= 4 is 12.0 Å². The fourth-order valence-corrected chi connectivity index (χ4v) is 2.56. The first-order valence-corrected chi connectivity index (χ1v) is 7.39. The summed E-state index contributed by atoms with van der Waals surface area (Å²) in [4.78, 5) is 25.3. The fraction of sp³-hybridized carbons (Fsp3) is 0.500. The Morgan fingerprint density at radius 1 is 1.43 bits per heavy atom. The zero-order valence-electron chi connectivity index (χ0n) is 12.5. The highest BCUT2D eigenvalue weighted by Gasteiger charge is 2.35.